The van der Waals surface area contributed by atoms with E-state index >= 15 is 0 Å². The third-order valence-corrected chi connectivity index (χ3v) is 12.1. The molecular formula is C56H50N4. The van der Waals surface area contributed by atoms with Gasteiger partial charge in [0.1, 0.15) is 12.5 Å². The van der Waals surface area contributed by atoms with Gasteiger partial charge in [-0.2, -0.15) is 0 Å². The second-order valence-corrected chi connectivity index (χ2v) is 16.7. The highest BCUT2D eigenvalue weighted by atomic mass is 15.4. The van der Waals surface area contributed by atoms with Crippen molar-refractivity contribution in [1.29, 1.82) is 0 Å². The predicted molar refractivity (Wildman–Crippen MR) is 254 cm³/mol. The normalized spacial score (nSPS) is 15.1. The van der Waals surface area contributed by atoms with Gasteiger partial charge < -0.3 is 9.80 Å². The highest BCUT2D eigenvalue weighted by molar-refractivity contribution is 6.09. The van der Waals surface area contributed by atoms with Gasteiger partial charge >= 0.3 is 0 Å². The molecule has 9 aromatic rings. The van der Waals surface area contributed by atoms with E-state index in [9.17, 15) is 5.48 Å². The predicted octanol–water partition coefficient (Wildman–Crippen LogP) is 14.6. The molecule has 0 aliphatic carbocycles. The van der Waals surface area contributed by atoms with Crippen LogP contribution in [0.25, 0.3) is 49.9 Å². The van der Waals surface area contributed by atoms with E-state index in [-0.39, 0.29) is 23.2 Å². The Morgan fingerprint density at radius 2 is 1.20 bits per heavy atom. The molecule has 0 atom stereocenters. The molecule has 0 saturated carbocycles. The summed E-state index contributed by atoms with van der Waals surface area (Å²) in [5.41, 5.74) is 10.8. The maximum Gasteiger partial charge on any atom is 0.137 e. The molecule has 0 radical (unpaired) electrons. The maximum atomic E-state index is 9.25. The quantitative estimate of drug-likeness (QED) is 0.161. The zero-order valence-corrected chi connectivity index (χ0v) is 34.6. The molecule has 1 aliphatic heterocycles. The number of hydrogen-bond acceptors (Lipinski definition) is 3. The lowest BCUT2D eigenvalue weighted by molar-refractivity contribution is 0.588. The van der Waals surface area contributed by atoms with Gasteiger partial charge in [-0.1, -0.05) is 136 Å². The van der Waals surface area contributed by atoms with Crippen molar-refractivity contribution in [1.82, 2.24) is 9.55 Å². The molecule has 0 fully saturated rings. The van der Waals surface area contributed by atoms with Crippen molar-refractivity contribution < 1.29 is 13.7 Å². The van der Waals surface area contributed by atoms with Gasteiger partial charge in [-0.15, -0.1) is 0 Å². The highest BCUT2D eigenvalue weighted by Gasteiger charge is 2.33. The van der Waals surface area contributed by atoms with Gasteiger partial charge in [0.2, 0.25) is 0 Å². The van der Waals surface area contributed by atoms with Crippen molar-refractivity contribution in [2.24, 2.45) is 0 Å². The second-order valence-electron chi connectivity index (χ2n) is 16.7. The molecule has 2 aromatic heterocycles. The minimum absolute atomic E-state index is 0.0400. The minimum atomic E-state index is -0.532. The lowest BCUT2D eigenvalue weighted by atomic mass is 9.85. The molecule has 0 N–H and O–H groups in total. The summed E-state index contributed by atoms with van der Waals surface area (Å²) in [6.45, 7) is 12.3. The number of fused-ring (bicyclic) bond motifs is 4. The van der Waals surface area contributed by atoms with E-state index in [2.05, 4.69) is 97.0 Å². The fourth-order valence-electron chi connectivity index (χ4n) is 8.84. The summed E-state index contributed by atoms with van der Waals surface area (Å²) in [6.07, 6.45) is 2.51. The molecule has 0 spiro atoms. The number of pyridine rings is 1. The van der Waals surface area contributed by atoms with Gasteiger partial charge in [0.05, 0.1) is 41.8 Å². The van der Waals surface area contributed by atoms with Gasteiger partial charge in [0.25, 0.3) is 0 Å². The number of rotatable bonds is 7. The van der Waals surface area contributed by atoms with Crippen LogP contribution in [0.1, 0.15) is 67.9 Å². The Morgan fingerprint density at radius 1 is 0.583 bits per heavy atom. The van der Waals surface area contributed by atoms with E-state index in [1.54, 1.807) is 0 Å². The summed E-state index contributed by atoms with van der Waals surface area (Å²) in [7, 11) is 0. The van der Waals surface area contributed by atoms with Crippen molar-refractivity contribution in [3.05, 3.63) is 203 Å². The van der Waals surface area contributed by atoms with Crippen LogP contribution in [-0.2, 0) is 11.8 Å². The summed E-state index contributed by atoms with van der Waals surface area (Å²) >= 11 is 0. The molecule has 60 heavy (non-hydrogen) atoms. The summed E-state index contributed by atoms with van der Waals surface area (Å²) < 4.78 is 91.1. The molecule has 3 heterocycles. The molecular weight excluding hydrogens is 729 g/mol. The van der Waals surface area contributed by atoms with Crippen molar-refractivity contribution in [2.45, 2.75) is 53.4 Å². The Kier molecular flexibility index (Phi) is 6.80. The number of anilines is 4. The third-order valence-electron chi connectivity index (χ3n) is 12.1. The van der Waals surface area contributed by atoms with E-state index < -0.39 is 60.4 Å². The molecule has 0 bridgehead atoms. The van der Waals surface area contributed by atoms with Gasteiger partial charge in [0.15, 0.2) is 0 Å². The SMILES string of the molecule is [2H]c1c([2H])c([2H])c(-c2c(C)c(C)c(C)c(-c3c([2H])c([2H])c([2H])c([2H])c3[2H])c2N2CN(c3cccc(Cc4ccc5c6ccccc6n(-c6cc(C(C)(C)C)ccn6)c5c4)c3)c3ccccc32)c([2H])c1[2H]. The van der Waals surface area contributed by atoms with Crippen molar-refractivity contribution in [3.63, 3.8) is 0 Å². The first-order chi connectivity index (χ1) is 33.3. The third kappa shape index (κ3) is 6.35. The monoisotopic (exact) mass is 788 g/mol. The minimum Gasteiger partial charge on any atom is -0.321 e. The lowest BCUT2D eigenvalue weighted by Crippen LogP contribution is -2.25. The van der Waals surface area contributed by atoms with Crippen LogP contribution in [0.5, 0.6) is 0 Å². The first kappa shape index (κ1) is 27.7. The smallest absolute Gasteiger partial charge is 0.137 e. The summed E-state index contributed by atoms with van der Waals surface area (Å²) in [5.74, 6) is 0.860. The number of hydrogen-bond donors (Lipinski definition) is 0. The van der Waals surface area contributed by atoms with Crippen LogP contribution < -0.4 is 9.80 Å². The largest absolute Gasteiger partial charge is 0.321 e. The molecule has 0 saturated heterocycles. The van der Waals surface area contributed by atoms with E-state index in [0.29, 0.717) is 39.9 Å². The summed E-state index contributed by atoms with van der Waals surface area (Å²) in [5, 5.41) is 2.28. The highest BCUT2D eigenvalue weighted by Crippen LogP contribution is 2.52. The first-order valence-electron chi connectivity index (χ1n) is 25.3. The van der Waals surface area contributed by atoms with Crippen LogP contribution in [0.4, 0.5) is 22.7 Å². The first-order valence-corrected chi connectivity index (χ1v) is 20.3. The topological polar surface area (TPSA) is 24.3 Å². The number of para-hydroxylation sites is 3. The standard InChI is InChI=1S/C56H50N4/c1-37-38(2)53(42-19-9-7-10-20-42)55(54(39(37)3)43-21-11-8-12-22-43)59-36-58(49-26-15-16-27-50(49)59)45-23-17-18-40(33-45)32-41-28-29-47-46-24-13-14-25-48(46)60(51(47)34-41)52-35-44(30-31-57-52)56(4,5)6/h7-31,33-35H,32,36H2,1-6H3/i7D,8D,9D,10D,11D,12D,19D,20D,21D,22D. The van der Waals surface area contributed by atoms with Crippen LogP contribution in [0.3, 0.4) is 0 Å². The fraction of sp³-hybridized carbons (Fsp3) is 0.161. The van der Waals surface area contributed by atoms with Gasteiger partial charge in [-0.05, 0) is 126 Å². The van der Waals surface area contributed by atoms with Crippen molar-refractivity contribution in [2.75, 3.05) is 16.5 Å². The van der Waals surface area contributed by atoms with Crippen LogP contribution in [0.2, 0.25) is 0 Å². The second kappa shape index (κ2) is 14.7. The van der Waals surface area contributed by atoms with E-state index in [0.717, 1.165) is 55.8 Å². The molecule has 7 aromatic carbocycles. The lowest BCUT2D eigenvalue weighted by Gasteiger charge is -2.31. The molecule has 0 amide bonds. The van der Waals surface area contributed by atoms with E-state index in [1.165, 1.54) is 5.56 Å². The van der Waals surface area contributed by atoms with Gasteiger partial charge in [-0.3, -0.25) is 4.57 Å². The van der Waals surface area contributed by atoms with E-state index in [1.807, 2.05) is 68.3 Å². The Morgan fingerprint density at radius 3 is 1.88 bits per heavy atom. The number of benzene rings is 7. The zero-order chi connectivity index (χ0) is 49.8. The zero-order valence-electron chi connectivity index (χ0n) is 44.6. The molecule has 10 rings (SSSR count). The summed E-state index contributed by atoms with van der Waals surface area (Å²) in [4.78, 5) is 9.02. The average molecular weight is 789 g/mol. The molecule has 4 heteroatoms. The molecule has 1 aliphatic rings. The number of nitrogens with zero attached hydrogens (tertiary/aromatic N) is 4. The Hall–Kier alpha value is -6.91. The van der Waals surface area contributed by atoms with Crippen molar-refractivity contribution >= 4 is 44.6 Å². The Bertz CT molecular complexity index is 3510. The van der Waals surface area contributed by atoms with Crippen LogP contribution in [0, 0.1) is 20.8 Å². The Labute approximate surface area is 368 Å². The summed E-state index contributed by atoms with van der Waals surface area (Å²) in [6, 6.07) is 30.7. The fourth-order valence-corrected chi connectivity index (χ4v) is 8.84. The van der Waals surface area contributed by atoms with Crippen LogP contribution in [0.15, 0.2) is 170 Å². The van der Waals surface area contributed by atoms with Gasteiger partial charge in [0, 0.05) is 33.8 Å². The molecule has 4 nitrogen and oxygen atoms in total. The van der Waals surface area contributed by atoms with E-state index in [4.69, 9.17) is 13.2 Å². The maximum absolute atomic E-state index is 9.25. The van der Waals surface area contributed by atoms with Crippen LogP contribution >= 0.6 is 0 Å². The average Bonchev–Trinajstić information content (AvgIpc) is 3.90. The van der Waals surface area contributed by atoms with Crippen LogP contribution in [-0.4, -0.2) is 16.2 Å². The van der Waals surface area contributed by atoms with Crippen molar-refractivity contribution in [3.8, 4) is 28.1 Å². The Balaban J connectivity index is 1.13. The van der Waals surface area contributed by atoms with Gasteiger partial charge in [-0.25, -0.2) is 4.98 Å². The molecule has 0 unspecified atom stereocenters. The molecule has 294 valence electrons. The number of aromatic nitrogens is 2.